The summed E-state index contributed by atoms with van der Waals surface area (Å²) in [7, 11) is 1.38. The van der Waals surface area contributed by atoms with Crippen LogP contribution in [0.2, 0.25) is 5.02 Å². The van der Waals surface area contributed by atoms with Crippen molar-refractivity contribution in [1.82, 2.24) is 9.88 Å². The number of benzene rings is 1. The van der Waals surface area contributed by atoms with E-state index in [9.17, 15) is 9.18 Å². The Kier molecular flexibility index (Phi) is 4.63. The lowest BCUT2D eigenvalue weighted by Gasteiger charge is -2.35. The van der Waals surface area contributed by atoms with Crippen molar-refractivity contribution >= 4 is 34.2 Å². The number of pyridine rings is 1. The van der Waals surface area contributed by atoms with Crippen LogP contribution in [0.5, 0.6) is 0 Å². The van der Waals surface area contributed by atoms with Gasteiger partial charge in [-0.1, -0.05) is 11.6 Å². The number of methoxy groups -OCH3 is 1. The summed E-state index contributed by atoms with van der Waals surface area (Å²) in [6, 6.07) is 5.18. The molecule has 0 radical (unpaired) electrons. The molecule has 23 heavy (non-hydrogen) atoms. The number of nitrogens with zero attached hydrogens (tertiary/aromatic N) is 3. The molecule has 2 heterocycles. The van der Waals surface area contributed by atoms with Crippen LogP contribution in [0.4, 0.5) is 10.1 Å². The van der Waals surface area contributed by atoms with E-state index < -0.39 is 0 Å². The number of hydrogen-bond acceptors (Lipinski definition) is 5. The number of piperazine rings is 1. The normalized spacial score (nSPS) is 15.9. The number of anilines is 1. The molecule has 0 aliphatic carbocycles. The molecule has 0 N–H and O–H groups in total. The van der Waals surface area contributed by atoms with Crippen molar-refractivity contribution < 1.29 is 13.9 Å². The minimum absolute atomic E-state index is 0.255. The molecule has 3 rings (SSSR count). The quantitative estimate of drug-likeness (QED) is 0.804. The first kappa shape index (κ1) is 16.0. The van der Waals surface area contributed by atoms with Gasteiger partial charge in [0.2, 0.25) is 0 Å². The van der Waals surface area contributed by atoms with E-state index in [1.807, 2.05) is 9.80 Å². The minimum Gasteiger partial charge on any atom is -0.468 e. The summed E-state index contributed by atoms with van der Waals surface area (Å²) >= 11 is 6.08. The first-order valence-electron chi connectivity index (χ1n) is 7.37. The van der Waals surface area contributed by atoms with Gasteiger partial charge in [-0.25, -0.2) is 4.39 Å². The highest BCUT2D eigenvalue weighted by Gasteiger charge is 2.22. The van der Waals surface area contributed by atoms with Crippen molar-refractivity contribution in [1.29, 1.82) is 0 Å². The third-order valence-corrected chi connectivity index (χ3v) is 4.40. The lowest BCUT2D eigenvalue weighted by atomic mass is 10.1. The summed E-state index contributed by atoms with van der Waals surface area (Å²) in [6.45, 7) is 2.90. The van der Waals surface area contributed by atoms with Crippen molar-refractivity contribution in [2.45, 2.75) is 0 Å². The molecule has 1 aliphatic rings. The fourth-order valence-electron chi connectivity index (χ4n) is 2.78. The van der Waals surface area contributed by atoms with Crippen molar-refractivity contribution in [3.8, 4) is 0 Å². The van der Waals surface area contributed by atoms with Crippen molar-refractivity contribution in [2.24, 2.45) is 0 Å². The molecule has 1 aliphatic heterocycles. The van der Waals surface area contributed by atoms with Crippen molar-refractivity contribution in [2.75, 3.05) is 44.7 Å². The van der Waals surface area contributed by atoms with E-state index >= 15 is 0 Å². The van der Waals surface area contributed by atoms with Gasteiger partial charge in [-0.2, -0.15) is 0 Å². The molecule has 1 aromatic carbocycles. The number of hydrogen-bond donors (Lipinski definition) is 0. The van der Waals surface area contributed by atoms with E-state index in [4.69, 9.17) is 11.6 Å². The van der Waals surface area contributed by atoms with Crippen LogP contribution in [-0.4, -0.2) is 55.7 Å². The van der Waals surface area contributed by atoms with Gasteiger partial charge >= 0.3 is 5.97 Å². The highest BCUT2D eigenvalue weighted by atomic mass is 35.5. The topological polar surface area (TPSA) is 45.7 Å². The summed E-state index contributed by atoms with van der Waals surface area (Å²) in [5, 5.41) is 1.10. The van der Waals surface area contributed by atoms with Gasteiger partial charge in [0.1, 0.15) is 5.52 Å². The SMILES string of the molecule is COC(=O)CN1CCN(c2ccc3c(Cl)ccnc3c2F)CC1. The van der Waals surface area contributed by atoms with Crippen LogP contribution in [0.15, 0.2) is 24.4 Å². The number of aromatic nitrogens is 1. The fraction of sp³-hybridized carbons (Fsp3) is 0.375. The Morgan fingerprint density at radius 2 is 2.04 bits per heavy atom. The molecule has 0 amide bonds. The Balaban J connectivity index is 1.77. The van der Waals surface area contributed by atoms with Gasteiger partial charge in [0.15, 0.2) is 5.82 Å². The number of halogens is 2. The summed E-state index contributed by atoms with van der Waals surface area (Å²) in [6.07, 6.45) is 1.51. The van der Waals surface area contributed by atoms with Crippen LogP contribution in [0.3, 0.4) is 0 Å². The first-order valence-corrected chi connectivity index (χ1v) is 7.75. The van der Waals surface area contributed by atoms with Crippen LogP contribution in [0.1, 0.15) is 0 Å². The lowest BCUT2D eigenvalue weighted by molar-refractivity contribution is -0.142. The zero-order valence-electron chi connectivity index (χ0n) is 12.8. The van der Waals surface area contributed by atoms with Gasteiger partial charge in [0, 0.05) is 37.8 Å². The second kappa shape index (κ2) is 6.68. The average molecular weight is 338 g/mol. The van der Waals surface area contributed by atoms with Gasteiger partial charge in [0.25, 0.3) is 0 Å². The average Bonchev–Trinajstić information content (AvgIpc) is 2.57. The molecule has 0 atom stereocenters. The van der Waals surface area contributed by atoms with E-state index in [1.54, 1.807) is 18.2 Å². The minimum atomic E-state index is -0.355. The number of fused-ring (bicyclic) bond motifs is 1. The van der Waals surface area contributed by atoms with Gasteiger partial charge < -0.3 is 9.64 Å². The molecule has 0 spiro atoms. The van der Waals surface area contributed by atoms with E-state index in [1.165, 1.54) is 13.3 Å². The van der Waals surface area contributed by atoms with Crippen molar-refractivity contribution in [3.05, 3.63) is 35.2 Å². The Hall–Kier alpha value is -1.92. The Morgan fingerprint density at radius 1 is 1.30 bits per heavy atom. The zero-order chi connectivity index (χ0) is 16.4. The molecule has 122 valence electrons. The second-order valence-corrected chi connectivity index (χ2v) is 5.83. The highest BCUT2D eigenvalue weighted by molar-refractivity contribution is 6.35. The molecule has 1 aromatic heterocycles. The Bertz CT molecular complexity index is 733. The molecular weight excluding hydrogens is 321 g/mol. The van der Waals surface area contributed by atoms with Crippen LogP contribution in [-0.2, 0) is 9.53 Å². The van der Waals surface area contributed by atoms with Crippen LogP contribution in [0.25, 0.3) is 10.9 Å². The third-order valence-electron chi connectivity index (χ3n) is 4.07. The van der Waals surface area contributed by atoms with Gasteiger partial charge in [-0.3, -0.25) is 14.7 Å². The first-order chi connectivity index (χ1) is 11.1. The number of carbonyl (C=O) groups excluding carboxylic acids is 1. The van der Waals surface area contributed by atoms with E-state index in [0.717, 1.165) is 0 Å². The Labute approximate surface area is 138 Å². The van der Waals surface area contributed by atoms with Gasteiger partial charge in [0.05, 0.1) is 24.4 Å². The second-order valence-electron chi connectivity index (χ2n) is 5.43. The molecule has 7 heteroatoms. The smallest absolute Gasteiger partial charge is 0.319 e. The third kappa shape index (κ3) is 3.23. The summed E-state index contributed by atoms with van der Waals surface area (Å²) < 4.78 is 19.4. The maximum Gasteiger partial charge on any atom is 0.319 e. The molecule has 1 saturated heterocycles. The zero-order valence-corrected chi connectivity index (χ0v) is 13.5. The summed E-state index contributed by atoms with van der Waals surface area (Å²) in [4.78, 5) is 19.4. The van der Waals surface area contributed by atoms with Crippen LogP contribution in [0, 0.1) is 5.82 Å². The van der Waals surface area contributed by atoms with Gasteiger partial charge in [-0.15, -0.1) is 0 Å². The fourth-order valence-corrected chi connectivity index (χ4v) is 2.99. The molecule has 0 unspecified atom stereocenters. The maximum absolute atomic E-state index is 14.7. The molecule has 0 saturated carbocycles. The summed E-state index contributed by atoms with van der Waals surface area (Å²) in [5.41, 5.74) is 0.803. The number of ether oxygens (including phenoxy) is 1. The Morgan fingerprint density at radius 3 is 2.74 bits per heavy atom. The molecular formula is C16H17ClFN3O2. The number of esters is 1. The predicted molar refractivity (Wildman–Crippen MR) is 87.4 cm³/mol. The maximum atomic E-state index is 14.7. The standard InChI is InChI=1S/C16H17ClFN3O2/c1-23-14(22)10-20-6-8-21(9-7-20)13-3-2-11-12(17)4-5-19-16(11)15(13)18/h2-5H,6-10H2,1H3. The number of rotatable bonds is 3. The molecule has 1 fully saturated rings. The van der Waals surface area contributed by atoms with E-state index in [-0.39, 0.29) is 23.8 Å². The molecule has 0 bridgehead atoms. The lowest BCUT2D eigenvalue weighted by Crippen LogP contribution is -2.48. The van der Waals surface area contributed by atoms with E-state index in [0.29, 0.717) is 42.3 Å². The number of carbonyl (C=O) groups is 1. The predicted octanol–water partition coefficient (Wildman–Crippen LogP) is 2.32. The molecule has 5 nitrogen and oxygen atoms in total. The van der Waals surface area contributed by atoms with Crippen LogP contribution >= 0.6 is 11.6 Å². The molecule has 2 aromatic rings. The van der Waals surface area contributed by atoms with Crippen molar-refractivity contribution in [3.63, 3.8) is 0 Å². The monoisotopic (exact) mass is 337 g/mol. The summed E-state index contributed by atoms with van der Waals surface area (Å²) in [5.74, 6) is -0.611. The van der Waals surface area contributed by atoms with Gasteiger partial charge in [-0.05, 0) is 18.2 Å². The largest absolute Gasteiger partial charge is 0.468 e. The van der Waals surface area contributed by atoms with Crippen LogP contribution < -0.4 is 4.90 Å². The highest BCUT2D eigenvalue weighted by Crippen LogP contribution is 2.30. The van der Waals surface area contributed by atoms with E-state index in [2.05, 4.69) is 9.72 Å².